The molecule has 122 valence electrons. The van der Waals surface area contributed by atoms with Gasteiger partial charge in [0.2, 0.25) is 0 Å². The van der Waals surface area contributed by atoms with E-state index in [-0.39, 0.29) is 5.41 Å². The number of aromatic nitrogens is 1. The second-order valence-electron chi connectivity index (χ2n) is 6.43. The first-order valence-corrected chi connectivity index (χ1v) is 8.73. The minimum Gasteiger partial charge on any atom is -0.256 e. The van der Waals surface area contributed by atoms with Gasteiger partial charge in [-0.25, -0.2) is 0 Å². The van der Waals surface area contributed by atoms with Crippen LogP contribution in [0.2, 0.25) is 0 Å². The van der Waals surface area contributed by atoms with Crippen LogP contribution in [0.4, 0.5) is 0 Å². The minimum atomic E-state index is 0.165. The summed E-state index contributed by atoms with van der Waals surface area (Å²) < 4.78 is 0. The number of rotatable bonds is 6. The van der Waals surface area contributed by atoms with Gasteiger partial charge in [-0.1, -0.05) is 56.4 Å². The van der Waals surface area contributed by atoms with E-state index in [1.807, 2.05) is 24.4 Å². The molecular formula is C23H25N. The predicted molar refractivity (Wildman–Crippen MR) is 105 cm³/mol. The number of hydrogen-bond donors (Lipinski definition) is 0. The lowest BCUT2D eigenvalue weighted by molar-refractivity contribution is 0.470. The van der Waals surface area contributed by atoms with Gasteiger partial charge in [-0.05, 0) is 54.2 Å². The van der Waals surface area contributed by atoms with Crippen LogP contribution >= 0.6 is 0 Å². The van der Waals surface area contributed by atoms with Crippen molar-refractivity contribution in [1.29, 1.82) is 0 Å². The molecule has 0 unspecified atom stereocenters. The van der Waals surface area contributed by atoms with Gasteiger partial charge in [-0.2, -0.15) is 0 Å². The lowest BCUT2D eigenvalue weighted by atomic mass is 9.72. The highest BCUT2D eigenvalue weighted by atomic mass is 14.7. The van der Waals surface area contributed by atoms with Crippen LogP contribution in [0.15, 0.2) is 61.3 Å². The molecule has 24 heavy (non-hydrogen) atoms. The zero-order valence-corrected chi connectivity index (χ0v) is 14.7. The molecule has 0 fully saturated rings. The van der Waals surface area contributed by atoms with Gasteiger partial charge < -0.3 is 0 Å². The van der Waals surface area contributed by atoms with Gasteiger partial charge in [0, 0.05) is 17.2 Å². The van der Waals surface area contributed by atoms with Crippen molar-refractivity contribution in [3.05, 3.63) is 78.0 Å². The fourth-order valence-corrected chi connectivity index (χ4v) is 4.00. The van der Waals surface area contributed by atoms with Gasteiger partial charge in [0.05, 0.1) is 5.69 Å². The van der Waals surface area contributed by atoms with Gasteiger partial charge in [-0.15, -0.1) is 6.58 Å². The number of benzene rings is 1. The summed E-state index contributed by atoms with van der Waals surface area (Å²) in [5.74, 6) is 0. The molecule has 1 nitrogen and oxygen atoms in total. The molecule has 1 aliphatic rings. The van der Waals surface area contributed by atoms with Crippen molar-refractivity contribution in [3.8, 4) is 11.3 Å². The molecule has 0 aliphatic heterocycles. The molecule has 0 N–H and O–H groups in total. The smallest absolute Gasteiger partial charge is 0.0708 e. The third kappa shape index (κ3) is 2.54. The predicted octanol–water partition coefficient (Wildman–Crippen LogP) is 6.42. The molecular weight excluding hydrogens is 290 g/mol. The highest BCUT2D eigenvalue weighted by Crippen LogP contribution is 2.48. The van der Waals surface area contributed by atoms with Crippen molar-refractivity contribution in [2.45, 2.75) is 38.5 Å². The average Bonchev–Trinajstić information content (AvgIpc) is 2.94. The van der Waals surface area contributed by atoms with E-state index >= 15 is 0 Å². The zero-order valence-electron chi connectivity index (χ0n) is 14.7. The zero-order chi connectivity index (χ0) is 17.2. The van der Waals surface area contributed by atoms with E-state index in [9.17, 15) is 0 Å². The SMILES string of the molecule is C=CCC1=Cc2cc(-c3cc(C=C)ccn3)ccc2C1(CC)CC. The minimum absolute atomic E-state index is 0.165. The molecule has 3 rings (SSSR count). The third-order valence-electron chi connectivity index (χ3n) is 5.40. The molecule has 0 bridgehead atoms. The lowest BCUT2D eigenvalue weighted by Gasteiger charge is -2.32. The van der Waals surface area contributed by atoms with Crippen LogP contribution in [0, 0.1) is 0 Å². The Labute approximate surface area is 145 Å². The average molecular weight is 315 g/mol. The Hall–Kier alpha value is -2.41. The number of hydrogen-bond acceptors (Lipinski definition) is 1. The Morgan fingerprint density at radius 1 is 1.08 bits per heavy atom. The summed E-state index contributed by atoms with van der Waals surface area (Å²) >= 11 is 0. The van der Waals surface area contributed by atoms with Crippen molar-refractivity contribution >= 4 is 12.2 Å². The molecule has 0 saturated heterocycles. The summed E-state index contributed by atoms with van der Waals surface area (Å²) in [6.45, 7) is 12.4. The Morgan fingerprint density at radius 3 is 2.54 bits per heavy atom. The van der Waals surface area contributed by atoms with Crippen molar-refractivity contribution in [2.24, 2.45) is 0 Å². The number of allylic oxidation sites excluding steroid dienone is 2. The fraction of sp³-hybridized carbons (Fsp3) is 0.261. The fourth-order valence-electron chi connectivity index (χ4n) is 4.00. The van der Waals surface area contributed by atoms with Crippen LogP contribution in [0.3, 0.4) is 0 Å². The molecule has 1 heterocycles. The maximum atomic E-state index is 4.53. The normalized spacial score (nSPS) is 14.8. The van der Waals surface area contributed by atoms with E-state index in [0.717, 1.165) is 36.1 Å². The molecule has 2 aromatic rings. The first-order valence-electron chi connectivity index (χ1n) is 8.73. The maximum absolute atomic E-state index is 4.53. The van der Waals surface area contributed by atoms with Gasteiger partial charge in [0.25, 0.3) is 0 Å². The third-order valence-corrected chi connectivity index (χ3v) is 5.40. The standard InChI is InChI=1S/C23H25N/c1-5-9-20-16-19-15-18(22-14-17(6-2)12-13-24-22)10-11-21(19)23(20,7-3)8-4/h5-6,10-16H,1-2,7-9H2,3-4H3. The topological polar surface area (TPSA) is 12.9 Å². The molecule has 0 radical (unpaired) electrons. The van der Waals surface area contributed by atoms with E-state index in [2.05, 4.69) is 62.3 Å². The second kappa shape index (κ2) is 6.60. The molecule has 0 amide bonds. The van der Waals surface area contributed by atoms with Crippen LogP contribution in [-0.2, 0) is 5.41 Å². The maximum Gasteiger partial charge on any atom is 0.0708 e. The van der Waals surface area contributed by atoms with Crippen molar-refractivity contribution in [1.82, 2.24) is 4.98 Å². The Bertz CT molecular complexity index is 807. The van der Waals surface area contributed by atoms with Gasteiger partial charge >= 0.3 is 0 Å². The summed E-state index contributed by atoms with van der Waals surface area (Å²) in [4.78, 5) is 4.53. The first kappa shape index (κ1) is 16.4. The van der Waals surface area contributed by atoms with Crippen molar-refractivity contribution < 1.29 is 0 Å². The number of pyridine rings is 1. The van der Waals surface area contributed by atoms with Crippen LogP contribution in [0.5, 0.6) is 0 Å². The van der Waals surface area contributed by atoms with E-state index in [1.54, 1.807) is 0 Å². The van der Waals surface area contributed by atoms with Crippen LogP contribution in [0.25, 0.3) is 23.4 Å². The van der Waals surface area contributed by atoms with Gasteiger partial charge in [0.1, 0.15) is 0 Å². The Kier molecular flexibility index (Phi) is 4.53. The molecule has 1 heteroatoms. The molecule has 1 aromatic heterocycles. The van der Waals surface area contributed by atoms with Gasteiger partial charge in [-0.3, -0.25) is 4.98 Å². The van der Waals surface area contributed by atoms with E-state index < -0.39 is 0 Å². The number of nitrogens with zero attached hydrogens (tertiary/aromatic N) is 1. The molecule has 0 saturated carbocycles. The highest BCUT2D eigenvalue weighted by Gasteiger charge is 2.37. The summed E-state index contributed by atoms with van der Waals surface area (Å²) in [5, 5.41) is 0. The number of fused-ring (bicyclic) bond motifs is 1. The summed E-state index contributed by atoms with van der Waals surface area (Å²) in [5.41, 5.74) is 7.70. The largest absolute Gasteiger partial charge is 0.256 e. The molecule has 1 aromatic carbocycles. The van der Waals surface area contributed by atoms with Gasteiger partial charge in [0.15, 0.2) is 0 Å². The lowest BCUT2D eigenvalue weighted by Crippen LogP contribution is -2.24. The quantitative estimate of drug-likeness (QED) is 0.560. The van der Waals surface area contributed by atoms with Crippen LogP contribution < -0.4 is 0 Å². The van der Waals surface area contributed by atoms with E-state index in [1.165, 1.54) is 16.7 Å². The molecule has 0 spiro atoms. The summed E-state index contributed by atoms with van der Waals surface area (Å²) in [7, 11) is 0. The Morgan fingerprint density at radius 2 is 1.88 bits per heavy atom. The van der Waals surface area contributed by atoms with Crippen molar-refractivity contribution in [2.75, 3.05) is 0 Å². The van der Waals surface area contributed by atoms with Crippen LogP contribution in [0.1, 0.15) is 49.8 Å². The van der Waals surface area contributed by atoms with E-state index in [4.69, 9.17) is 0 Å². The summed E-state index contributed by atoms with van der Waals surface area (Å²) in [6.07, 6.45) is 11.3. The highest BCUT2D eigenvalue weighted by molar-refractivity contribution is 5.75. The van der Waals surface area contributed by atoms with Crippen molar-refractivity contribution in [3.63, 3.8) is 0 Å². The monoisotopic (exact) mass is 315 g/mol. The molecule has 1 aliphatic carbocycles. The van der Waals surface area contributed by atoms with E-state index in [0.29, 0.717) is 0 Å². The molecule has 0 atom stereocenters. The van der Waals surface area contributed by atoms with Crippen LogP contribution in [-0.4, -0.2) is 4.98 Å². The second-order valence-corrected chi connectivity index (χ2v) is 6.43. The Balaban J connectivity index is 2.10. The first-order chi connectivity index (χ1) is 11.7. The summed E-state index contributed by atoms with van der Waals surface area (Å²) in [6, 6.07) is 10.8.